The van der Waals surface area contributed by atoms with Crippen molar-refractivity contribution in [3.8, 4) is 0 Å². The molecule has 0 saturated carbocycles. The highest BCUT2D eigenvalue weighted by Gasteiger charge is 2.33. The molecule has 0 atom stereocenters. The highest BCUT2D eigenvalue weighted by atomic mass is 16.7. The average molecular weight is 316 g/mol. The van der Waals surface area contributed by atoms with Crippen LogP contribution in [-0.4, -0.2) is 58.0 Å². The third-order valence-corrected chi connectivity index (χ3v) is 4.64. The second-order valence-corrected chi connectivity index (χ2v) is 6.09. The minimum absolute atomic E-state index is 0.0166. The number of nitrogens with zero attached hydrogens (tertiary/aromatic N) is 4. The molecular weight excluding hydrogens is 296 g/mol. The molecule has 0 N–H and O–H groups in total. The summed E-state index contributed by atoms with van der Waals surface area (Å²) in [5, 5.41) is 4.37. The van der Waals surface area contributed by atoms with E-state index in [-0.39, 0.29) is 12.2 Å². The van der Waals surface area contributed by atoms with E-state index in [9.17, 15) is 4.79 Å². The van der Waals surface area contributed by atoms with Crippen molar-refractivity contribution in [1.29, 1.82) is 0 Å². The predicted molar refractivity (Wildman–Crippen MR) is 82.0 cm³/mol. The summed E-state index contributed by atoms with van der Waals surface area (Å²) in [6, 6.07) is 1.81. The van der Waals surface area contributed by atoms with Crippen LogP contribution in [0.15, 0.2) is 18.5 Å². The first kappa shape index (κ1) is 14.6. The Morgan fingerprint density at radius 2 is 2.00 bits per heavy atom. The maximum absolute atomic E-state index is 12.9. The number of carbonyl (C=O) groups excluding carboxylic acids is 1. The van der Waals surface area contributed by atoms with Crippen LogP contribution in [0.2, 0.25) is 0 Å². The van der Waals surface area contributed by atoms with Gasteiger partial charge in [-0.1, -0.05) is 0 Å². The summed E-state index contributed by atoms with van der Waals surface area (Å²) in [5.74, 6) is 0.396. The molecule has 2 aliphatic rings. The molecule has 7 heteroatoms. The molecule has 0 bridgehead atoms. The van der Waals surface area contributed by atoms with Gasteiger partial charge in [0.05, 0.1) is 18.9 Å². The molecule has 2 aromatic rings. The highest BCUT2D eigenvalue weighted by Crippen LogP contribution is 2.27. The Hall–Kier alpha value is -1.99. The number of hydrogen-bond donors (Lipinski definition) is 0. The lowest BCUT2D eigenvalue weighted by molar-refractivity contribution is -0.0956. The monoisotopic (exact) mass is 316 g/mol. The van der Waals surface area contributed by atoms with Crippen LogP contribution >= 0.6 is 0 Å². The number of amides is 1. The first-order chi connectivity index (χ1) is 11.2. The number of hydrogen-bond acceptors (Lipinski definition) is 5. The van der Waals surface area contributed by atoms with Crippen molar-refractivity contribution in [1.82, 2.24) is 19.5 Å². The van der Waals surface area contributed by atoms with E-state index in [0.29, 0.717) is 30.3 Å². The number of ether oxygens (including phenoxy) is 2. The van der Waals surface area contributed by atoms with Gasteiger partial charge >= 0.3 is 0 Å². The Morgan fingerprint density at radius 1 is 1.26 bits per heavy atom. The molecule has 122 valence electrons. The van der Waals surface area contributed by atoms with E-state index in [4.69, 9.17) is 9.47 Å². The second-order valence-electron chi connectivity index (χ2n) is 6.09. The minimum atomic E-state index is -0.0902. The number of aryl methyl sites for hydroxylation is 1. The SMILES string of the molecule is Cc1nn2cccnc2c1C(=O)N1CCC(C2OCCO2)CC1. The van der Waals surface area contributed by atoms with Crippen LogP contribution in [0.1, 0.15) is 28.9 Å². The van der Waals surface area contributed by atoms with E-state index in [1.54, 1.807) is 16.8 Å². The van der Waals surface area contributed by atoms with Crippen molar-refractivity contribution in [2.45, 2.75) is 26.1 Å². The molecule has 2 saturated heterocycles. The Labute approximate surface area is 134 Å². The molecule has 0 spiro atoms. The van der Waals surface area contributed by atoms with E-state index >= 15 is 0 Å². The molecule has 0 unspecified atom stereocenters. The van der Waals surface area contributed by atoms with Gasteiger partial charge in [-0.05, 0) is 25.8 Å². The van der Waals surface area contributed by atoms with Crippen molar-refractivity contribution in [2.75, 3.05) is 26.3 Å². The molecule has 1 amide bonds. The molecule has 0 aliphatic carbocycles. The average Bonchev–Trinajstić information content (AvgIpc) is 3.21. The molecule has 7 nitrogen and oxygen atoms in total. The first-order valence-corrected chi connectivity index (χ1v) is 8.06. The highest BCUT2D eigenvalue weighted by molar-refractivity contribution is 6.01. The molecule has 2 aromatic heterocycles. The summed E-state index contributed by atoms with van der Waals surface area (Å²) >= 11 is 0. The molecular formula is C16H20N4O3. The normalized spacial score (nSPS) is 20.5. The van der Waals surface area contributed by atoms with Crippen LogP contribution in [0.3, 0.4) is 0 Å². The van der Waals surface area contributed by atoms with Crippen molar-refractivity contribution >= 4 is 11.6 Å². The van der Waals surface area contributed by atoms with Gasteiger partial charge in [0.1, 0.15) is 5.56 Å². The van der Waals surface area contributed by atoms with Crippen LogP contribution in [0.25, 0.3) is 5.65 Å². The van der Waals surface area contributed by atoms with Crippen LogP contribution in [0.5, 0.6) is 0 Å². The molecule has 2 aliphatic heterocycles. The molecule has 4 heterocycles. The van der Waals surface area contributed by atoms with Gasteiger partial charge in [0.2, 0.25) is 0 Å². The number of piperidine rings is 1. The fraction of sp³-hybridized carbons (Fsp3) is 0.562. The maximum Gasteiger partial charge on any atom is 0.259 e. The van der Waals surface area contributed by atoms with E-state index in [0.717, 1.165) is 31.6 Å². The van der Waals surface area contributed by atoms with Crippen molar-refractivity contribution in [3.63, 3.8) is 0 Å². The number of aromatic nitrogens is 3. The zero-order chi connectivity index (χ0) is 15.8. The number of rotatable bonds is 2. The Balaban J connectivity index is 1.50. The zero-order valence-electron chi connectivity index (χ0n) is 13.1. The third-order valence-electron chi connectivity index (χ3n) is 4.64. The topological polar surface area (TPSA) is 69.0 Å². The smallest absolute Gasteiger partial charge is 0.259 e. The van der Waals surface area contributed by atoms with Gasteiger partial charge in [-0.25, -0.2) is 9.50 Å². The Bertz CT molecular complexity index is 715. The van der Waals surface area contributed by atoms with Gasteiger partial charge in [-0.15, -0.1) is 0 Å². The summed E-state index contributed by atoms with van der Waals surface area (Å²) in [7, 11) is 0. The van der Waals surface area contributed by atoms with E-state index in [1.165, 1.54) is 0 Å². The fourth-order valence-corrected chi connectivity index (χ4v) is 3.43. The molecule has 2 fully saturated rings. The van der Waals surface area contributed by atoms with Gasteiger partial charge < -0.3 is 14.4 Å². The number of likely N-dealkylation sites (tertiary alicyclic amines) is 1. The lowest BCUT2D eigenvalue weighted by Crippen LogP contribution is -2.41. The maximum atomic E-state index is 12.9. The largest absolute Gasteiger partial charge is 0.350 e. The molecule has 23 heavy (non-hydrogen) atoms. The molecule has 4 rings (SSSR count). The second kappa shape index (κ2) is 5.90. The summed E-state index contributed by atoms with van der Waals surface area (Å²) in [6.07, 6.45) is 5.22. The molecule has 0 aromatic carbocycles. The van der Waals surface area contributed by atoms with Crippen LogP contribution < -0.4 is 0 Å². The van der Waals surface area contributed by atoms with E-state index in [1.807, 2.05) is 18.0 Å². The standard InChI is InChI=1S/C16H20N4O3/c1-11-13(14-17-5-2-6-20(14)18-11)15(21)19-7-3-12(4-8-19)16-22-9-10-23-16/h2,5-6,12,16H,3-4,7-10H2,1H3. The van der Waals surface area contributed by atoms with Gasteiger partial charge in [0.15, 0.2) is 11.9 Å². The summed E-state index contributed by atoms with van der Waals surface area (Å²) in [5.41, 5.74) is 1.95. The predicted octanol–water partition coefficient (Wildman–Crippen LogP) is 1.26. The lowest BCUT2D eigenvalue weighted by Gasteiger charge is -2.33. The first-order valence-electron chi connectivity index (χ1n) is 8.06. The van der Waals surface area contributed by atoms with Crippen LogP contribution in [0.4, 0.5) is 0 Å². The van der Waals surface area contributed by atoms with Gasteiger partial charge in [-0.3, -0.25) is 4.79 Å². The van der Waals surface area contributed by atoms with Gasteiger partial charge in [0.25, 0.3) is 5.91 Å². The van der Waals surface area contributed by atoms with Crippen molar-refractivity contribution in [3.05, 3.63) is 29.7 Å². The van der Waals surface area contributed by atoms with Crippen molar-refractivity contribution < 1.29 is 14.3 Å². The summed E-state index contributed by atoms with van der Waals surface area (Å²) < 4.78 is 12.8. The van der Waals surface area contributed by atoms with E-state index < -0.39 is 0 Å². The van der Waals surface area contributed by atoms with Crippen LogP contribution in [0, 0.1) is 12.8 Å². The fourth-order valence-electron chi connectivity index (χ4n) is 3.43. The summed E-state index contributed by atoms with van der Waals surface area (Å²) in [4.78, 5) is 19.1. The zero-order valence-corrected chi connectivity index (χ0v) is 13.1. The van der Waals surface area contributed by atoms with Crippen molar-refractivity contribution in [2.24, 2.45) is 5.92 Å². The third kappa shape index (κ3) is 2.60. The quantitative estimate of drug-likeness (QED) is 0.834. The van der Waals surface area contributed by atoms with Crippen LogP contribution in [-0.2, 0) is 9.47 Å². The lowest BCUT2D eigenvalue weighted by atomic mass is 9.95. The number of carbonyl (C=O) groups is 1. The van der Waals surface area contributed by atoms with Gasteiger partial charge in [-0.2, -0.15) is 5.10 Å². The molecule has 0 radical (unpaired) electrons. The minimum Gasteiger partial charge on any atom is -0.350 e. The van der Waals surface area contributed by atoms with Gasteiger partial charge in [0, 0.05) is 31.4 Å². The number of fused-ring (bicyclic) bond motifs is 1. The Morgan fingerprint density at radius 3 is 2.74 bits per heavy atom. The Kier molecular flexibility index (Phi) is 3.74. The summed E-state index contributed by atoms with van der Waals surface area (Å²) in [6.45, 7) is 4.65. The van der Waals surface area contributed by atoms with E-state index in [2.05, 4.69) is 10.1 Å².